The third-order valence-corrected chi connectivity index (χ3v) is 4.64. The van der Waals surface area contributed by atoms with Gasteiger partial charge in [-0.05, 0) is 31.7 Å². The number of benzene rings is 1. The molecule has 25 heavy (non-hydrogen) atoms. The van der Waals surface area contributed by atoms with Gasteiger partial charge in [0.2, 0.25) is 5.91 Å². The predicted octanol–water partition coefficient (Wildman–Crippen LogP) is 3.44. The van der Waals surface area contributed by atoms with Crippen LogP contribution in [0.4, 0.5) is 18.9 Å². The largest absolute Gasteiger partial charge is 0.416 e. The number of nitrogens with zero attached hydrogens (tertiary/aromatic N) is 2. The van der Waals surface area contributed by atoms with Crippen molar-refractivity contribution in [3.8, 4) is 0 Å². The van der Waals surface area contributed by atoms with E-state index in [4.69, 9.17) is 0 Å². The summed E-state index contributed by atoms with van der Waals surface area (Å²) in [4.78, 5) is 16.0. The highest BCUT2D eigenvalue weighted by Gasteiger charge is 2.34. The fourth-order valence-electron chi connectivity index (χ4n) is 2.85. The minimum Gasteiger partial charge on any atom is -0.326 e. The molecule has 1 aliphatic heterocycles. The van der Waals surface area contributed by atoms with Crippen LogP contribution in [0.15, 0.2) is 18.2 Å². The van der Waals surface area contributed by atoms with E-state index in [1.807, 2.05) is 11.9 Å². The normalized spacial score (nSPS) is 20.1. The quantitative estimate of drug-likeness (QED) is 0.897. The average Bonchev–Trinajstić information content (AvgIpc) is 2.51. The van der Waals surface area contributed by atoms with Gasteiger partial charge in [-0.15, -0.1) is 0 Å². The number of nitrogens with one attached hydrogen (secondary N) is 1. The zero-order chi connectivity index (χ0) is 18.8. The number of halogens is 3. The highest BCUT2D eigenvalue weighted by Crippen LogP contribution is 2.34. The van der Waals surface area contributed by atoms with Crippen LogP contribution in [0.3, 0.4) is 0 Å². The van der Waals surface area contributed by atoms with Crippen molar-refractivity contribution in [3.63, 3.8) is 0 Å². The number of rotatable bonds is 4. The molecule has 0 radical (unpaired) electrons. The second-order valence-electron chi connectivity index (χ2n) is 7.08. The van der Waals surface area contributed by atoms with Gasteiger partial charge in [0.05, 0.1) is 5.56 Å². The fraction of sp³-hybridized carbons (Fsp3) is 0.611. The van der Waals surface area contributed by atoms with E-state index < -0.39 is 11.7 Å². The molecule has 1 fully saturated rings. The Morgan fingerprint density at radius 2 is 2.00 bits per heavy atom. The Hall–Kier alpha value is -1.60. The Bertz CT molecular complexity index is 616. The van der Waals surface area contributed by atoms with Crippen molar-refractivity contribution in [2.75, 3.05) is 32.0 Å². The zero-order valence-corrected chi connectivity index (χ0v) is 15.2. The van der Waals surface area contributed by atoms with Crippen LogP contribution in [0.5, 0.6) is 0 Å². The first-order chi connectivity index (χ1) is 11.6. The first-order valence-electron chi connectivity index (χ1n) is 8.51. The molecular formula is C18H26F3N3O. The molecule has 0 saturated carbocycles. The minimum absolute atomic E-state index is 0.182. The van der Waals surface area contributed by atoms with Gasteiger partial charge in [-0.3, -0.25) is 9.69 Å². The molecule has 2 rings (SSSR count). The molecule has 0 aliphatic carbocycles. The van der Waals surface area contributed by atoms with Crippen molar-refractivity contribution < 1.29 is 18.0 Å². The topological polar surface area (TPSA) is 35.6 Å². The van der Waals surface area contributed by atoms with Gasteiger partial charge < -0.3 is 10.2 Å². The predicted molar refractivity (Wildman–Crippen MR) is 92.3 cm³/mol. The number of amides is 1. The molecule has 1 aromatic rings. The molecule has 0 spiro atoms. The molecule has 1 saturated heterocycles. The maximum absolute atomic E-state index is 13.5. The lowest BCUT2D eigenvalue weighted by molar-refractivity contribution is -0.138. The Labute approximate surface area is 147 Å². The Kier molecular flexibility index (Phi) is 6.11. The summed E-state index contributed by atoms with van der Waals surface area (Å²) in [5.74, 6) is -0.588. The lowest BCUT2D eigenvalue weighted by Gasteiger charge is -2.38. The van der Waals surface area contributed by atoms with E-state index in [1.54, 1.807) is 19.9 Å². The number of carbonyl (C=O) groups is 1. The molecule has 140 valence electrons. The van der Waals surface area contributed by atoms with E-state index in [9.17, 15) is 18.0 Å². The number of hydrogen-bond acceptors (Lipinski definition) is 3. The fourth-order valence-corrected chi connectivity index (χ4v) is 2.85. The van der Waals surface area contributed by atoms with Crippen molar-refractivity contribution in [2.24, 2.45) is 5.92 Å². The SMILES string of the molecule is CC(C)C(=O)Nc1ccc(CN2CCN(C)[C@H](C)C2)c(C(F)(F)F)c1. The van der Waals surface area contributed by atoms with Crippen LogP contribution in [0.1, 0.15) is 31.9 Å². The molecule has 1 atom stereocenters. The second kappa shape index (κ2) is 7.74. The number of piperazine rings is 1. The first kappa shape index (κ1) is 19.7. The summed E-state index contributed by atoms with van der Waals surface area (Å²) in [5, 5.41) is 2.54. The number of alkyl halides is 3. The Morgan fingerprint density at radius 1 is 1.32 bits per heavy atom. The lowest BCUT2D eigenvalue weighted by atomic mass is 10.0. The third-order valence-electron chi connectivity index (χ3n) is 4.64. The third kappa shape index (κ3) is 5.19. The average molecular weight is 357 g/mol. The molecule has 7 heteroatoms. The van der Waals surface area contributed by atoms with Gasteiger partial charge in [0.25, 0.3) is 0 Å². The van der Waals surface area contributed by atoms with Crippen LogP contribution >= 0.6 is 0 Å². The summed E-state index contributed by atoms with van der Waals surface area (Å²) < 4.78 is 40.4. The minimum atomic E-state index is -4.45. The van der Waals surface area contributed by atoms with Crippen molar-refractivity contribution >= 4 is 11.6 Å². The van der Waals surface area contributed by atoms with E-state index in [0.29, 0.717) is 6.04 Å². The van der Waals surface area contributed by atoms with E-state index in [2.05, 4.69) is 17.1 Å². The highest BCUT2D eigenvalue weighted by atomic mass is 19.4. The number of carbonyl (C=O) groups excluding carboxylic acids is 1. The second-order valence-corrected chi connectivity index (χ2v) is 7.08. The van der Waals surface area contributed by atoms with Crippen LogP contribution in [0.25, 0.3) is 0 Å². The molecule has 1 aromatic carbocycles. The van der Waals surface area contributed by atoms with Crippen molar-refractivity contribution in [1.82, 2.24) is 9.80 Å². The van der Waals surface area contributed by atoms with Crippen molar-refractivity contribution in [2.45, 2.75) is 39.5 Å². The summed E-state index contributed by atoms with van der Waals surface area (Å²) in [5.41, 5.74) is -0.256. The van der Waals surface area contributed by atoms with Crippen molar-refractivity contribution in [3.05, 3.63) is 29.3 Å². The lowest BCUT2D eigenvalue weighted by Crippen LogP contribution is -2.49. The van der Waals surface area contributed by atoms with Gasteiger partial charge in [-0.25, -0.2) is 0 Å². The Morgan fingerprint density at radius 3 is 2.56 bits per heavy atom. The molecule has 1 amide bonds. The summed E-state index contributed by atoms with van der Waals surface area (Å²) in [6.45, 7) is 8.04. The molecular weight excluding hydrogens is 331 g/mol. The summed E-state index contributed by atoms with van der Waals surface area (Å²) >= 11 is 0. The molecule has 1 aliphatic rings. The Balaban J connectivity index is 2.21. The van der Waals surface area contributed by atoms with Crippen molar-refractivity contribution in [1.29, 1.82) is 0 Å². The number of anilines is 1. The van der Waals surface area contributed by atoms with Gasteiger partial charge in [-0.2, -0.15) is 13.2 Å². The van der Waals surface area contributed by atoms with Gasteiger partial charge in [0.1, 0.15) is 0 Å². The molecule has 4 nitrogen and oxygen atoms in total. The summed E-state index contributed by atoms with van der Waals surface area (Å²) in [6.07, 6.45) is -4.45. The van der Waals surface area contributed by atoms with Crippen LogP contribution in [-0.2, 0) is 17.5 Å². The van der Waals surface area contributed by atoms with Crippen LogP contribution < -0.4 is 5.32 Å². The van der Waals surface area contributed by atoms with E-state index in [-0.39, 0.29) is 29.6 Å². The van der Waals surface area contributed by atoms with Crippen LogP contribution in [0.2, 0.25) is 0 Å². The highest BCUT2D eigenvalue weighted by molar-refractivity contribution is 5.92. The monoisotopic (exact) mass is 357 g/mol. The van der Waals surface area contributed by atoms with Crippen LogP contribution in [0, 0.1) is 5.92 Å². The van der Waals surface area contributed by atoms with Crippen LogP contribution in [-0.4, -0.2) is 48.4 Å². The van der Waals surface area contributed by atoms with Gasteiger partial charge in [-0.1, -0.05) is 19.9 Å². The standard InChI is InChI=1S/C18H26F3N3O/c1-12(2)17(25)22-15-6-5-14(16(9-15)18(19,20)21)11-24-8-7-23(4)13(3)10-24/h5-6,9,12-13H,7-8,10-11H2,1-4H3,(H,22,25)/t13-/m1/s1. The molecule has 0 unspecified atom stereocenters. The smallest absolute Gasteiger partial charge is 0.326 e. The zero-order valence-electron chi connectivity index (χ0n) is 15.2. The molecule has 0 bridgehead atoms. The number of likely N-dealkylation sites (N-methyl/N-ethyl adjacent to an activating group) is 1. The summed E-state index contributed by atoms with van der Waals surface area (Å²) in [7, 11) is 2.02. The van der Waals surface area contributed by atoms with E-state index in [0.717, 1.165) is 25.7 Å². The molecule has 1 N–H and O–H groups in total. The maximum atomic E-state index is 13.5. The van der Waals surface area contributed by atoms with Gasteiger partial charge >= 0.3 is 6.18 Å². The van der Waals surface area contributed by atoms with E-state index in [1.165, 1.54) is 6.07 Å². The molecule has 1 heterocycles. The number of hydrogen-bond donors (Lipinski definition) is 1. The van der Waals surface area contributed by atoms with Gasteiger partial charge in [0.15, 0.2) is 0 Å². The first-order valence-corrected chi connectivity index (χ1v) is 8.51. The summed E-state index contributed by atoms with van der Waals surface area (Å²) in [6, 6.07) is 4.37. The van der Waals surface area contributed by atoms with E-state index >= 15 is 0 Å². The molecule has 0 aromatic heterocycles. The maximum Gasteiger partial charge on any atom is 0.416 e. The van der Waals surface area contributed by atoms with Gasteiger partial charge in [0, 0.05) is 43.8 Å².